The average Bonchev–Trinajstić information content (AvgIpc) is 1.56. The molecule has 0 bridgehead atoms. The Labute approximate surface area is 585 Å². The monoisotopic (exact) mass is 1290 g/mol. The topological polar surface area (TPSA) is 114 Å². The summed E-state index contributed by atoms with van der Waals surface area (Å²) in [6, 6.07) is 115. The van der Waals surface area contributed by atoms with Gasteiger partial charge in [-0.05, 0) is 171 Å². The molecule has 0 unspecified atom stereocenters. The highest BCUT2D eigenvalue weighted by Crippen LogP contribution is 2.51. The van der Waals surface area contributed by atoms with Crippen molar-refractivity contribution in [3.05, 3.63) is 344 Å². The normalized spacial score (nSPS) is 12.1. The second-order valence-electron chi connectivity index (χ2n) is 26.4. The third-order valence-corrected chi connectivity index (χ3v) is 19.9. The summed E-state index contributed by atoms with van der Waals surface area (Å²) >= 11 is 0. The maximum Gasteiger partial charge on any atom is 0.164 e. The average molecular weight is 1290 g/mol. The van der Waals surface area contributed by atoms with Crippen molar-refractivity contribution in [1.29, 1.82) is 5.26 Å². The van der Waals surface area contributed by atoms with Crippen LogP contribution >= 0.6 is 0 Å². The maximum absolute atomic E-state index is 9.82. The van der Waals surface area contributed by atoms with Gasteiger partial charge in [-0.15, -0.1) is 0 Å². The molecule has 0 N–H and O–H groups in total. The van der Waals surface area contributed by atoms with E-state index < -0.39 is 0 Å². The lowest BCUT2D eigenvalue weighted by atomic mass is 9.80. The molecule has 3 aromatic heterocycles. The molecule has 0 saturated carbocycles. The van der Waals surface area contributed by atoms with Gasteiger partial charge in [-0.3, -0.25) is 4.98 Å². The molecule has 8 heteroatoms. The molecular weight excluding hydrogens is 1230 g/mol. The number of pyridine rings is 1. The van der Waals surface area contributed by atoms with Crippen molar-refractivity contribution in [3.8, 4) is 152 Å². The molecule has 0 radical (unpaired) electrons. The number of aromatic nitrogens is 7. The van der Waals surface area contributed by atoms with Gasteiger partial charge >= 0.3 is 0 Å². The molecule has 0 spiro atoms. The first kappa shape index (κ1) is 60.0. The largest absolute Gasteiger partial charge is 0.256 e. The van der Waals surface area contributed by atoms with E-state index in [9.17, 15) is 5.26 Å². The van der Waals surface area contributed by atoms with Crippen molar-refractivity contribution < 1.29 is 0 Å². The maximum atomic E-state index is 9.82. The number of hydrogen-bond donors (Lipinski definition) is 0. The Balaban J connectivity index is 0.685. The van der Waals surface area contributed by atoms with Crippen LogP contribution < -0.4 is 0 Å². The van der Waals surface area contributed by atoms with Crippen molar-refractivity contribution in [1.82, 2.24) is 34.9 Å². The molecule has 17 aromatic rings. The SMILES string of the molecule is CC1(C)c2cc(C#N)ccc2-c2ccc(-c3cc4ccccc4cc3-c3ccc(-c4nc(-c5ccccc5)nc(-c5ccc(-c6ccc7cc(-c8ccc(-c9ccnc%10ccccc9%10)cc8)c(-c8ccc(-c9nc(-c%10ccccc%10)nc(-c%10ccccc%10)n9)cc8)cc7c6)cc5)n4)cc3)cc21. The highest BCUT2D eigenvalue weighted by molar-refractivity contribution is 6.01. The lowest BCUT2D eigenvalue weighted by Gasteiger charge is -2.22. The smallest absolute Gasteiger partial charge is 0.164 e. The molecule has 0 amide bonds. The molecule has 472 valence electrons. The number of hydrogen-bond acceptors (Lipinski definition) is 8. The molecule has 3 heterocycles. The fraction of sp³-hybridized carbons (Fsp3) is 0.0323. The second-order valence-corrected chi connectivity index (χ2v) is 26.4. The van der Waals surface area contributed by atoms with Crippen molar-refractivity contribution in [2.45, 2.75) is 19.3 Å². The van der Waals surface area contributed by atoms with Crippen molar-refractivity contribution in [2.24, 2.45) is 0 Å². The van der Waals surface area contributed by atoms with E-state index in [0.717, 1.165) is 122 Å². The number of benzene rings is 14. The first-order valence-electron chi connectivity index (χ1n) is 34.0. The number of para-hydroxylation sites is 1. The summed E-state index contributed by atoms with van der Waals surface area (Å²) in [6.07, 6.45) is 1.89. The van der Waals surface area contributed by atoms with E-state index in [-0.39, 0.29) is 5.41 Å². The van der Waals surface area contributed by atoms with Gasteiger partial charge in [0.1, 0.15) is 0 Å². The predicted octanol–water partition coefficient (Wildman–Crippen LogP) is 23.1. The van der Waals surface area contributed by atoms with Gasteiger partial charge < -0.3 is 0 Å². The molecule has 8 nitrogen and oxygen atoms in total. The minimum absolute atomic E-state index is 0.278. The van der Waals surface area contributed by atoms with E-state index in [0.29, 0.717) is 40.5 Å². The van der Waals surface area contributed by atoms with E-state index in [1.807, 2.05) is 109 Å². The van der Waals surface area contributed by atoms with Gasteiger partial charge in [-0.1, -0.05) is 275 Å². The summed E-state index contributed by atoms with van der Waals surface area (Å²) in [7, 11) is 0. The molecule has 101 heavy (non-hydrogen) atoms. The predicted molar refractivity (Wildman–Crippen MR) is 411 cm³/mol. The summed E-state index contributed by atoms with van der Waals surface area (Å²) in [5.74, 6) is 3.60. The molecule has 0 fully saturated rings. The van der Waals surface area contributed by atoms with Crippen LogP contribution in [0, 0.1) is 11.3 Å². The van der Waals surface area contributed by atoms with Crippen molar-refractivity contribution in [3.63, 3.8) is 0 Å². The van der Waals surface area contributed by atoms with Crippen LogP contribution in [-0.4, -0.2) is 34.9 Å². The zero-order valence-corrected chi connectivity index (χ0v) is 55.3. The molecule has 0 saturated heterocycles. The summed E-state index contributed by atoms with van der Waals surface area (Å²) in [5.41, 5.74) is 24.9. The molecule has 1 aliphatic rings. The zero-order chi connectivity index (χ0) is 67.5. The highest BCUT2D eigenvalue weighted by Gasteiger charge is 2.36. The Hall–Kier alpha value is -13.5. The van der Waals surface area contributed by atoms with E-state index in [2.05, 4.69) is 243 Å². The van der Waals surface area contributed by atoms with Crippen LogP contribution in [0.25, 0.3) is 179 Å². The van der Waals surface area contributed by atoms with Gasteiger partial charge in [0.15, 0.2) is 34.9 Å². The second kappa shape index (κ2) is 24.9. The van der Waals surface area contributed by atoms with E-state index in [1.54, 1.807) is 0 Å². The number of nitrogens with zero attached hydrogens (tertiary/aromatic N) is 8. The lowest BCUT2D eigenvalue weighted by molar-refractivity contribution is 0.660. The molecule has 14 aromatic carbocycles. The third kappa shape index (κ3) is 11.1. The van der Waals surface area contributed by atoms with Gasteiger partial charge in [0, 0.05) is 50.4 Å². The van der Waals surface area contributed by atoms with Crippen LogP contribution in [0.2, 0.25) is 0 Å². The summed E-state index contributed by atoms with van der Waals surface area (Å²) < 4.78 is 0. The highest BCUT2D eigenvalue weighted by atomic mass is 15.0. The number of rotatable bonds is 12. The zero-order valence-electron chi connectivity index (χ0n) is 55.3. The minimum Gasteiger partial charge on any atom is -0.256 e. The third-order valence-electron chi connectivity index (χ3n) is 19.9. The number of fused-ring (bicyclic) bond motifs is 6. The summed E-state index contributed by atoms with van der Waals surface area (Å²) in [6.45, 7) is 4.53. The van der Waals surface area contributed by atoms with Crippen LogP contribution in [0.1, 0.15) is 30.5 Å². The lowest BCUT2D eigenvalue weighted by Crippen LogP contribution is -2.15. The van der Waals surface area contributed by atoms with Crippen LogP contribution in [0.4, 0.5) is 0 Å². The van der Waals surface area contributed by atoms with Crippen LogP contribution in [-0.2, 0) is 5.41 Å². The molecule has 18 rings (SSSR count). The Kier molecular flexibility index (Phi) is 14.8. The molecule has 0 atom stereocenters. The Morgan fingerprint density at radius 3 is 1.07 bits per heavy atom. The van der Waals surface area contributed by atoms with Gasteiger partial charge in [-0.2, -0.15) is 5.26 Å². The van der Waals surface area contributed by atoms with E-state index >= 15 is 0 Å². The summed E-state index contributed by atoms with van der Waals surface area (Å²) in [5, 5.41) is 15.5. The number of nitriles is 1. The van der Waals surface area contributed by atoms with Gasteiger partial charge in [0.2, 0.25) is 0 Å². The van der Waals surface area contributed by atoms with Crippen molar-refractivity contribution >= 4 is 32.4 Å². The Morgan fingerprint density at radius 2 is 0.594 bits per heavy atom. The van der Waals surface area contributed by atoms with Gasteiger partial charge in [0.05, 0.1) is 17.1 Å². The first-order chi connectivity index (χ1) is 49.7. The summed E-state index contributed by atoms with van der Waals surface area (Å²) in [4.78, 5) is 35.2. The van der Waals surface area contributed by atoms with Crippen LogP contribution in [0.15, 0.2) is 328 Å². The molecule has 0 aliphatic heterocycles. The molecule has 1 aliphatic carbocycles. The fourth-order valence-corrected chi connectivity index (χ4v) is 14.5. The van der Waals surface area contributed by atoms with Crippen LogP contribution in [0.3, 0.4) is 0 Å². The molecular formula is C93H60N8. The quantitative estimate of drug-likeness (QED) is 0.119. The van der Waals surface area contributed by atoms with E-state index in [1.165, 1.54) is 33.0 Å². The first-order valence-corrected chi connectivity index (χ1v) is 34.0. The van der Waals surface area contributed by atoms with E-state index in [4.69, 9.17) is 29.9 Å². The van der Waals surface area contributed by atoms with Crippen molar-refractivity contribution in [2.75, 3.05) is 0 Å². The minimum atomic E-state index is -0.278. The Morgan fingerprint density at radius 1 is 0.248 bits per heavy atom. The standard InChI is InChI=1S/C93H60N8/c1-93(2)84-50-58(57-94)26-46-77(84)78-47-45-74(56-85(78)93)83-53-71-23-13-12-22-70(71)52-81(83)62-33-39-69(40-34-62)92-100-89(66-20-10-5-11-21-66)99-90(101-92)67-37-27-59(28-38-67)72-43-44-73-54-80(61-31-29-60(30-32-61)76-48-49-95-86-25-15-14-24-79(76)86)82(55-75(73)51-72)63-35-41-68(42-36-63)91-97-87(64-16-6-3-7-17-64)96-88(98-91)65-18-8-4-9-19-65/h3-56H,1-2H3. The Bertz CT molecular complexity index is 6060. The van der Waals surface area contributed by atoms with Gasteiger partial charge in [-0.25, -0.2) is 29.9 Å². The van der Waals surface area contributed by atoms with Gasteiger partial charge in [0.25, 0.3) is 0 Å². The fourth-order valence-electron chi connectivity index (χ4n) is 14.5. The van der Waals surface area contributed by atoms with Crippen LogP contribution in [0.5, 0.6) is 0 Å².